The molecule has 2 aromatic rings. The molecule has 0 aliphatic rings. The lowest BCUT2D eigenvalue weighted by atomic mass is 10.2. The van der Waals surface area contributed by atoms with E-state index in [4.69, 9.17) is 4.74 Å². The second-order valence-corrected chi connectivity index (χ2v) is 4.28. The van der Waals surface area contributed by atoms with Crippen LogP contribution in [0.5, 0.6) is 5.75 Å². The van der Waals surface area contributed by atoms with Gasteiger partial charge in [0.05, 0.1) is 0 Å². The SMILES string of the molecule is CCNc1cc(COc2ccc(F)cc2C)ccn1. The summed E-state index contributed by atoms with van der Waals surface area (Å²) in [5.41, 5.74) is 1.82. The molecule has 1 N–H and O–H groups in total. The molecule has 0 aliphatic heterocycles. The maximum atomic E-state index is 13.0. The number of anilines is 1. The molecule has 1 aromatic heterocycles. The lowest BCUT2D eigenvalue weighted by Crippen LogP contribution is -2.02. The van der Waals surface area contributed by atoms with Crippen molar-refractivity contribution in [3.63, 3.8) is 0 Å². The van der Waals surface area contributed by atoms with Crippen LogP contribution in [0.15, 0.2) is 36.5 Å². The second-order valence-electron chi connectivity index (χ2n) is 4.28. The molecule has 1 heterocycles. The van der Waals surface area contributed by atoms with Crippen LogP contribution >= 0.6 is 0 Å². The maximum absolute atomic E-state index is 13.0. The average molecular weight is 260 g/mol. The van der Waals surface area contributed by atoms with Gasteiger partial charge in [-0.15, -0.1) is 0 Å². The van der Waals surface area contributed by atoms with Gasteiger partial charge in [0.15, 0.2) is 0 Å². The first-order valence-corrected chi connectivity index (χ1v) is 6.27. The van der Waals surface area contributed by atoms with E-state index >= 15 is 0 Å². The molecular weight excluding hydrogens is 243 g/mol. The van der Waals surface area contributed by atoms with Crippen molar-refractivity contribution in [2.75, 3.05) is 11.9 Å². The van der Waals surface area contributed by atoms with Crippen LogP contribution in [0.25, 0.3) is 0 Å². The van der Waals surface area contributed by atoms with Gasteiger partial charge < -0.3 is 10.1 Å². The fourth-order valence-corrected chi connectivity index (χ4v) is 1.78. The number of pyridine rings is 1. The molecule has 0 atom stereocenters. The van der Waals surface area contributed by atoms with Crippen LogP contribution in [-0.4, -0.2) is 11.5 Å². The molecule has 1 aromatic carbocycles. The van der Waals surface area contributed by atoms with Crippen molar-refractivity contribution >= 4 is 5.82 Å². The first kappa shape index (κ1) is 13.3. The number of nitrogens with one attached hydrogen (secondary N) is 1. The minimum Gasteiger partial charge on any atom is -0.489 e. The molecule has 0 spiro atoms. The number of benzene rings is 1. The standard InChI is InChI=1S/C15H17FN2O/c1-3-17-15-9-12(6-7-18-15)10-19-14-5-4-13(16)8-11(14)2/h4-9H,3,10H2,1-2H3,(H,17,18). The fourth-order valence-electron chi connectivity index (χ4n) is 1.78. The predicted molar refractivity (Wildman–Crippen MR) is 73.9 cm³/mol. The molecule has 0 radical (unpaired) electrons. The summed E-state index contributed by atoms with van der Waals surface area (Å²) in [4.78, 5) is 4.20. The van der Waals surface area contributed by atoms with Gasteiger partial charge in [-0.05, 0) is 55.3 Å². The minimum absolute atomic E-state index is 0.247. The molecule has 0 bridgehead atoms. The van der Waals surface area contributed by atoms with E-state index in [0.717, 1.165) is 23.5 Å². The maximum Gasteiger partial charge on any atom is 0.126 e. The number of ether oxygens (including phenoxy) is 1. The van der Waals surface area contributed by atoms with E-state index in [-0.39, 0.29) is 5.82 Å². The van der Waals surface area contributed by atoms with Crippen molar-refractivity contribution in [1.29, 1.82) is 0 Å². The van der Waals surface area contributed by atoms with E-state index in [9.17, 15) is 4.39 Å². The number of aryl methyl sites for hydroxylation is 1. The van der Waals surface area contributed by atoms with Crippen LogP contribution in [0.1, 0.15) is 18.1 Å². The highest BCUT2D eigenvalue weighted by Gasteiger charge is 2.02. The molecule has 0 fully saturated rings. The molecule has 0 saturated heterocycles. The topological polar surface area (TPSA) is 34.1 Å². The summed E-state index contributed by atoms with van der Waals surface area (Å²) in [5.74, 6) is 1.28. The van der Waals surface area contributed by atoms with Gasteiger partial charge in [0.1, 0.15) is 24.0 Å². The normalized spacial score (nSPS) is 10.3. The van der Waals surface area contributed by atoms with Gasteiger partial charge in [0.25, 0.3) is 0 Å². The quantitative estimate of drug-likeness (QED) is 0.892. The molecule has 0 amide bonds. The number of hydrogen-bond acceptors (Lipinski definition) is 3. The Balaban J connectivity index is 2.03. The smallest absolute Gasteiger partial charge is 0.126 e. The van der Waals surface area contributed by atoms with Crippen LogP contribution in [0, 0.1) is 12.7 Å². The summed E-state index contributed by atoms with van der Waals surface area (Å²) < 4.78 is 18.7. The monoisotopic (exact) mass is 260 g/mol. The summed E-state index contributed by atoms with van der Waals surface area (Å²) >= 11 is 0. The number of nitrogens with zero attached hydrogens (tertiary/aromatic N) is 1. The zero-order chi connectivity index (χ0) is 13.7. The van der Waals surface area contributed by atoms with Crippen molar-refractivity contribution in [2.45, 2.75) is 20.5 Å². The van der Waals surface area contributed by atoms with Gasteiger partial charge in [-0.2, -0.15) is 0 Å². The third kappa shape index (κ3) is 3.68. The Morgan fingerprint density at radius 1 is 1.26 bits per heavy atom. The van der Waals surface area contributed by atoms with Crippen LogP contribution in [0.4, 0.5) is 10.2 Å². The van der Waals surface area contributed by atoms with Crippen molar-refractivity contribution < 1.29 is 9.13 Å². The highest BCUT2D eigenvalue weighted by molar-refractivity contribution is 5.38. The second kappa shape index (κ2) is 6.18. The van der Waals surface area contributed by atoms with E-state index in [1.807, 2.05) is 26.0 Å². The Bertz CT molecular complexity index is 558. The van der Waals surface area contributed by atoms with Gasteiger partial charge in [-0.1, -0.05) is 0 Å². The average Bonchev–Trinajstić information content (AvgIpc) is 2.38. The lowest BCUT2D eigenvalue weighted by Gasteiger charge is -2.10. The van der Waals surface area contributed by atoms with Crippen molar-refractivity contribution in [3.05, 3.63) is 53.5 Å². The highest BCUT2D eigenvalue weighted by atomic mass is 19.1. The third-order valence-corrected chi connectivity index (χ3v) is 2.71. The summed E-state index contributed by atoms with van der Waals surface area (Å²) in [5, 5.41) is 3.15. The van der Waals surface area contributed by atoms with Crippen molar-refractivity contribution in [2.24, 2.45) is 0 Å². The summed E-state index contributed by atoms with van der Waals surface area (Å²) in [7, 11) is 0. The Morgan fingerprint density at radius 3 is 2.84 bits per heavy atom. The van der Waals surface area contributed by atoms with E-state index < -0.39 is 0 Å². The van der Waals surface area contributed by atoms with Crippen LogP contribution in [0.3, 0.4) is 0 Å². The van der Waals surface area contributed by atoms with Crippen LogP contribution in [-0.2, 0) is 6.61 Å². The largest absolute Gasteiger partial charge is 0.489 e. The molecule has 3 nitrogen and oxygen atoms in total. The zero-order valence-electron chi connectivity index (χ0n) is 11.1. The third-order valence-electron chi connectivity index (χ3n) is 2.71. The van der Waals surface area contributed by atoms with Crippen molar-refractivity contribution in [3.8, 4) is 5.75 Å². The predicted octanol–water partition coefficient (Wildman–Crippen LogP) is 3.54. The van der Waals surface area contributed by atoms with Gasteiger partial charge in [-0.3, -0.25) is 0 Å². The molecule has 0 aliphatic carbocycles. The number of rotatable bonds is 5. The van der Waals surface area contributed by atoms with Gasteiger partial charge in [-0.25, -0.2) is 9.37 Å². The Hall–Kier alpha value is -2.10. The Labute approximate surface area is 112 Å². The summed E-state index contributed by atoms with van der Waals surface area (Å²) in [6.07, 6.45) is 1.74. The van der Waals surface area contributed by atoms with Gasteiger partial charge in [0, 0.05) is 12.7 Å². The first-order chi connectivity index (χ1) is 9.19. The highest BCUT2D eigenvalue weighted by Crippen LogP contribution is 2.20. The Morgan fingerprint density at radius 2 is 2.11 bits per heavy atom. The van der Waals surface area contributed by atoms with Gasteiger partial charge in [0.2, 0.25) is 0 Å². The lowest BCUT2D eigenvalue weighted by molar-refractivity contribution is 0.303. The van der Waals surface area contributed by atoms with E-state index in [1.165, 1.54) is 12.1 Å². The fraction of sp³-hybridized carbons (Fsp3) is 0.267. The van der Waals surface area contributed by atoms with Crippen LogP contribution < -0.4 is 10.1 Å². The molecule has 4 heteroatoms. The molecule has 0 saturated carbocycles. The minimum atomic E-state index is -0.247. The first-order valence-electron chi connectivity index (χ1n) is 6.27. The molecule has 100 valence electrons. The molecule has 0 unspecified atom stereocenters. The number of hydrogen-bond donors (Lipinski definition) is 1. The number of halogens is 1. The van der Waals surface area contributed by atoms with Gasteiger partial charge >= 0.3 is 0 Å². The van der Waals surface area contributed by atoms with E-state index in [1.54, 1.807) is 12.3 Å². The molecule has 2 rings (SSSR count). The molecule has 19 heavy (non-hydrogen) atoms. The Kier molecular flexibility index (Phi) is 4.34. The van der Waals surface area contributed by atoms with E-state index in [2.05, 4.69) is 10.3 Å². The zero-order valence-corrected chi connectivity index (χ0v) is 11.1. The van der Waals surface area contributed by atoms with E-state index in [0.29, 0.717) is 12.4 Å². The number of aromatic nitrogens is 1. The summed E-state index contributed by atoms with van der Waals surface area (Å²) in [6, 6.07) is 8.37. The molecular formula is C15H17FN2O. The summed E-state index contributed by atoms with van der Waals surface area (Å²) in [6.45, 7) is 5.11. The van der Waals surface area contributed by atoms with Crippen molar-refractivity contribution in [1.82, 2.24) is 4.98 Å². The van der Waals surface area contributed by atoms with Crippen LogP contribution in [0.2, 0.25) is 0 Å².